The highest BCUT2D eigenvalue weighted by molar-refractivity contribution is 6.07. The Hall–Kier alpha value is -2.90. The van der Waals surface area contributed by atoms with E-state index in [0.717, 1.165) is 5.39 Å². The van der Waals surface area contributed by atoms with Crippen molar-refractivity contribution in [3.63, 3.8) is 0 Å². The van der Waals surface area contributed by atoms with E-state index in [1.54, 1.807) is 9.80 Å². The van der Waals surface area contributed by atoms with Crippen LogP contribution in [0.1, 0.15) is 32.4 Å². The summed E-state index contributed by atoms with van der Waals surface area (Å²) in [4.78, 5) is 41.0. The van der Waals surface area contributed by atoms with Crippen LogP contribution in [0.15, 0.2) is 28.8 Å². The Morgan fingerprint density at radius 1 is 1.25 bits per heavy atom. The van der Waals surface area contributed by atoms with Gasteiger partial charge in [-0.25, -0.2) is 4.79 Å². The summed E-state index contributed by atoms with van der Waals surface area (Å²) in [6, 6.07) is 7.13. The molecule has 0 unspecified atom stereocenters. The van der Waals surface area contributed by atoms with Crippen molar-refractivity contribution in [2.75, 3.05) is 19.6 Å². The van der Waals surface area contributed by atoms with Crippen LogP contribution in [-0.4, -0.2) is 58.0 Å². The molecule has 0 saturated carbocycles. The number of nitrogens with zero attached hydrogens (tertiary/aromatic N) is 3. The summed E-state index contributed by atoms with van der Waals surface area (Å²) >= 11 is 0. The first-order valence-electron chi connectivity index (χ1n) is 9.65. The summed E-state index contributed by atoms with van der Waals surface area (Å²) in [5.74, 6) is -0.0320. The van der Waals surface area contributed by atoms with Gasteiger partial charge in [0.25, 0.3) is 5.91 Å². The van der Waals surface area contributed by atoms with E-state index >= 15 is 0 Å². The maximum Gasteiger partial charge on any atom is 0.325 e. The molecule has 4 rings (SSSR count). The predicted octanol–water partition coefficient (Wildman–Crippen LogP) is 1.94. The fourth-order valence-electron chi connectivity index (χ4n) is 4.16. The van der Waals surface area contributed by atoms with Gasteiger partial charge in [-0.3, -0.25) is 14.9 Å². The summed E-state index contributed by atoms with van der Waals surface area (Å²) in [5.41, 5.74) is 0.447. The average molecular weight is 384 g/mol. The highest BCUT2D eigenvalue weighted by Crippen LogP contribution is 2.34. The summed E-state index contributed by atoms with van der Waals surface area (Å²) in [6.45, 7) is 5.43. The number of amides is 4. The smallest absolute Gasteiger partial charge is 0.325 e. The summed E-state index contributed by atoms with van der Waals surface area (Å²) in [5, 5.41) is 7.32. The van der Waals surface area contributed by atoms with E-state index in [1.807, 2.05) is 38.1 Å². The molecule has 28 heavy (non-hydrogen) atoms. The van der Waals surface area contributed by atoms with Gasteiger partial charge in [0.15, 0.2) is 5.58 Å². The minimum absolute atomic E-state index is 0.0472. The van der Waals surface area contributed by atoms with E-state index in [1.165, 1.54) is 0 Å². The predicted molar refractivity (Wildman–Crippen MR) is 101 cm³/mol. The van der Waals surface area contributed by atoms with Gasteiger partial charge in [-0.2, -0.15) is 0 Å². The van der Waals surface area contributed by atoms with Crippen LogP contribution in [0, 0.1) is 5.92 Å². The molecule has 1 aromatic heterocycles. The maximum absolute atomic E-state index is 12.8. The van der Waals surface area contributed by atoms with Gasteiger partial charge in [-0.05, 0) is 30.9 Å². The van der Waals surface area contributed by atoms with Gasteiger partial charge in [0.2, 0.25) is 5.91 Å². The number of likely N-dealkylation sites (tertiary alicyclic amines) is 1. The van der Waals surface area contributed by atoms with Crippen molar-refractivity contribution in [2.45, 2.75) is 38.6 Å². The fraction of sp³-hybridized carbons (Fsp3) is 0.500. The van der Waals surface area contributed by atoms with Crippen molar-refractivity contribution in [1.29, 1.82) is 0 Å². The fourth-order valence-corrected chi connectivity index (χ4v) is 4.16. The third kappa shape index (κ3) is 3.02. The Morgan fingerprint density at radius 2 is 1.96 bits per heavy atom. The number of hydrogen-bond donors (Lipinski definition) is 1. The zero-order valence-electron chi connectivity index (χ0n) is 16.1. The van der Waals surface area contributed by atoms with Crippen LogP contribution in [0.25, 0.3) is 11.0 Å². The number of imide groups is 1. The molecule has 0 bridgehead atoms. The number of benzene rings is 1. The second-order valence-electron chi connectivity index (χ2n) is 7.98. The van der Waals surface area contributed by atoms with E-state index in [-0.39, 0.29) is 30.2 Å². The maximum atomic E-state index is 12.8. The summed E-state index contributed by atoms with van der Waals surface area (Å²) in [6.07, 6.45) is 1.05. The van der Waals surface area contributed by atoms with E-state index in [2.05, 4.69) is 10.5 Å². The molecule has 3 heterocycles. The quantitative estimate of drug-likeness (QED) is 0.813. The molecule has 2 saturated heterocycles. The van der Waals surface area contributed by atoms with E-state index in [4.69, 9.17) is 4.52 Å². The standard InChI is InChI=1S/C20H24N4O4/c1-13(2)12-24-19(27)21-18(26)20(24)7-9-23(10-8-20)17(25)11-15-14-5-3-4-6-16(14)28-22-15/h3-6,13H,7-12H2,1-2H3,(H,21,26,27). The molecule has 4 amide bonds. The van der Waals surface area contributed by atoms with Gasteiger partial charge in [0, 0.05) is 25.0 Å². The first-order chi connectivity index (χ1) is 13.4. The molecule has 8 heteroatoms. The number of carbonyl (C=O) groups is 3. The molecular weight excluding hydrogens is 360 g/mol. The lowest BCUT2D eigenvalue weighted by molar-refractivity contribution is -0.137. The van der Waals surface area contributed by atoms with Crippen molar-refractivity contribution >= 4 is 28.8 Å². The number of fused-ring (bicyclic) bond motifs is 1. The Kier molecular flexibility index (Phi) is 4.56. The van der Waals surface area contributed by atoms with Gasteiger partial charge in [0.05, 0.1) is 6.42 Å². The molecule has 0 aliphatic carbocycles. The molecule has 1 spiro atoms. The Labute approximate surface area is 162 Å². The average Bonchev–Trinajstić information content (AvgIpc) is 3.17. The molecule has 2 aliphatic rings. The summed E-state index contributed by atoms with van der Waals surface area (Å²) in [7, 11) is 0. The third-order valence-corrected chi connectivity index (χ3v) is 5.67. The molecule has 148 valence electrons. The van der Waals surface area contributed by atoms with Crippen LogP contribution in [0.4, 0.5) is 4.79 Å². The van der Waals surface area contributed by atoms with Gasteiger partial charge in [-0.1, -0.05) is 31.1 Å². The van der Waals surface area contributed by atoms with Crippen LogP contribution < -0.4 is 5.32 Å². The zero-order chi connectivity index (χ0) is 19.9. The van der Waals surface area contributed by atoms with E-state index in [0.29, 0.717) is 43.8 Å². The van der Waals surface area contributed by atoms with E-state index in [9.17, 15) is 14.4 Å². The van der Waals surface area contributed by atoms with Crippen LogP contribution in [0.2, 0.25) is 0 Å². The molecule has 2 fully saturated rings. The minimum atomic E-state index is -0.835. The molecule has 8 nitrogen and oxygen atoms in total. The SMILES string of the molecule is CC(C)CN1C(=O)NC(=O)C12CCN(C(=O)Cc1noc3ccccc13)CC2. The van der Waals surface area contributed by atoms with Gasteiger partial charge >= 0.3 is 6.03 Å². The molecule has 0 radical (unpaired) electrons. The third-order valence-electron chi connectivity index (χ3n) is 5.67. The first-order valence-corrected chi connectivity index (χ1v) is 9.65. The molecule has 1 aromatic carbocycles. The molecule has 2 aliphatic heterocycles. The van der Waals surface area contributed by atoms with Gasteiger partial charge in [-0.15, -0.1) is 0 Å². The van der Waals surface area contributed by atoms with Crippen LogP contribution >= 0.6 is 0 Å². The number of aromatic nitrogens is 1. The lowest BCUT2D eigenvalue weighted by Crippen LogP contribution is -2.58. The molecule has 0 atom stereocenters. The van der Waals surface area contributed by atoms with Crippen LogP contribution in [0.5, 0.6) is 0 Å². The number of nitrogens with one attached hydrogen (secondary N) is 1. The van der Waals surface area contributed by atoms with Crippen LogP contribution in [0.3, 0.4) is 0 Å². The van der Waals surface area contributed by atoms with Crippen molar-refractivity contribution in [2.24, 2.45) is 5.92 Å². The summed E-state index contributed by atoms with van der Waals surface area (Å²) < 4.78 is 5.27. The van der Waals surface area contributed by atoms with Crippen molar-refractivity contribution < 1.29 is 18.9 Å². The normalized spacial score (nSPS) is 19.1. The van der Waals surface area contributed by atoms with Gasteiger partial charge < -0.3 is 14.3 Å². The number of piperidine rings is 1. The van der Waals surface area contributed by atoms with Crippen LogP contribution in [-0.2, 0) is 16.0 Å². The number of hydrogen-bond acceptors (Lipinski definition) is 5. The van der Waals surface area contributed by atoms with Crippen molar-refractivity contribution in [1.82, 2.24) is 20.3 Å². The van der Waals surface area contributed by atoms with Crippen molar-refractivity contribution in [3.8, 4) is 0 Å². The second kappa shape index (κ2) is 6.92. The van der Waals surface area contributed by atoms with Crippen molar-refractivity contribution in [3.05, 3.63) is 30.0 Å². The minimum Gasteiger partial charge on any atom is -0.356 e. The first kappa shape index (κ1) is 18.5. The molecule has 1 N–H and O–H groups in total. The van der Waals surface area contributed by atoms with E-state index < -0.39 is 5.54 Å². The number of urea groups is 1. The lowest BCUT2D eigenvalue weighted by Gasteiger charge is -2.42. The molecular formula is C20H24N4O4. The molecule has 2 aromatic rings. The zero-order valence-corrected chi connectivity index (χ0v) is 16.1. The second-order valence-corrected chi connectivity index (χ2v) is 7.98. The monoisotopic (exact) mass is 384 g/mol. The number of carbonyl (C=O) groups excluding carboxylic acids is 3. The topological polar surface area (TPSA) is 95.8 Å². The van der Waals surface area contributed by atoms with Gasteiger partial charge in [0.1, 0.15) is 11.2 Å². The highest BCUT2D eigenvalue weighted by Gasteiger charge is 2.54. The largest absolute Gasteiger partial charge is 0.356 e. The highest BCUT2D eigenvalue weighted by atomic mass is 16.5. The number of para-hydroxylation sites is 1. The number of rotatable bonds is 4. The Balaban J connectivity index is 1.45. The Bertz CT molecular complexity index is 927. The Morgan fingerprint density at radius 3 is 2.68 bits per heavy atom. The lowest BCUT2D eigenvalue weighted by atomic mass is 9.85.